The Bertz CT molecular complexity index is 441. The van der Waals surface area contributed by atoms with E-state index in [-0.39, 0.29) is 11.3 Å². The minimum atomic E-state index is -0.00362. The Hall–Kier alpha value is -0.860. The summed E-state index contributed by atoms with van der Waals surface area (Å²) in [5.41, 5.74) is -0.00362. The van der Waals surface area contributed by atoms with Crippen molar-refractivity contribution in [2.75, 3.05) is 13.1 Å². The van der Waals surface area contributed by atoms with Gasteiger partial charge in [-0.05, 0) is 69.1 Å². The van der Waals surface area contributed by atoms with Gasteiger partial charge in [0.25, 0.3) is 0 Å². The van der Waals surface area contributed by atoms with Crippen molar-refractivity contribution in [2.45, 2.75) is 64.7 Å². The molecule has 0 atom stereocenters. The Morgan fingerprint density at radius 1 is 0.955 bits per heavy atom. The quantitative estimate of drug-likeness (QED) is 0.801. The van der Waals surface area contributed by atoms with E-state index in [1.165, 1.54) is 19.3 Å². The van der Waals surface area contributed by atoms with E-state index >= 15 is 0 Å². The van der Waals surface area contributed by atoms with E-state index in [0.717, 1.165) is 62.9 Å². The van der Waals surface area contributed by atoms with E-state index in [1.807, 2.05) is 6.92 Å². The zero-order chi connectivity index (χ0) is 15.3. The average Bonchev–Trinajstić information content (AvgIpc) is 2.52. The first-order chi connectivity index (χ1) is 10.6. The maximum atomic E-state index is 13.2. The number of nitrogens with zero attached hydrogens (tertiary/aromatic N) is 1. The van der Waals surface area contributed by atoms with Gasteiger partial charge < -0.3 is 4.90 Å². The van der Waals surface area contributed by atoms with E-state index in [4.69, 9.17) is 0 Å². The van der Waals surface area contributed by atoms with Crippen LogP contribution in [0.5, 0.6) is 0 Å². The van der Waals surface area contributed by atoms with Gasteiger partial charge in [0.15, 0.2) is 0 Å². The van der Waals surface area contributed by atoms with Crippen LogP contribution in [-0.4, -0.2) is 29.7 Å². The van der Waals surface area contributed by atoms with Crippen LogP contribution in [0.3, 0.4) is 0 Å². The van der Waals surface area contributed by atoms with Crippen LogP contribution in [0.1, 0.15) is 64.7 Å². The lowest BCUT2D eigenvalue weighted by atomic mass is 9.49. The lowest BCUT2D eigenvalue weighted by molar-refractivity contribution is -0.159. The molecule has 1 saturated heterocycles. The highest BCUT2D eigenvalue weighted by atomic mass is 16.2. The van der Waals surface area contributed by atoms with E-state index in [9.17, 15) is 9.59 Å². The molecule has 4 bridgehead atoms. The van der Waals surface area contributed by atoms with Crippen molar-refractivity contribution in [3.8, 4) is 0 Å². The molecule has 0 aromatic heterocycles. The fourth-order valence-electron chi connectivity index (χ4n) is 6.40. The maximum Gasteiger partial charge on any atom is 0.228 e. The van der Waals surface area contributed by atoms with Crippen LogP contribution < -0.4 is 0 Å². The van der Waals surface area contributed by atoms with Gasteiger partial charge >= 0.3 is 0 Å². The molecule has 5 aliphatic rings. The van der Waals surface area contributed by atoms with Crippen molar-refractivity contribution in [3.05, 3.63) is 0 Å². The van der Waals surface area contributed by atoms with Crippen LogP contribution in [0.2, 0.25) is 0 Å². The lowest BCUT2D eigenvalue weighted by Gasteiger charge is -2.57. The largest absolute Gasteiger partial charge is 0.342 e. The average molecular weight is 303 g/mol. The van der Waals surface area contributed by atoms with Crippen molar-refractivity contribution < 1.29 is 9.59 Å². The van der Waals surface area contributed by atoms with Crippen LogP contribution in [0.4, 0.5) is 0 Å². The van der Waals surface area contributed by atoms with Crippen LogP contribution in [0.15, 0.2) is 0 Å². The number of hydrogen-bond acceptors (Lipinski definition) is 2. The van der Waals surface area contributed by atoms with Crippen LogP contribution >= 0.6 is 0 Å². The molecule has 122 valence electrons. The van der Waals surface area contributed by atoms with Gasteiger partial charge in [-0.15, -0.1) is 0 Å². The number of amides is 1. The van der Waals surface area contributed by atoms with E-state index in [1.54, 1.807) is 0 Å². The number of piperidine rings is 1. The molecule has 5 fully saturated rings. The molecule has 5 rings (SSSR count). The molecule has 1 heterocycles. The summed E-state index contributed by atoms with van der Waals surface area (Å²) in [5.74, 6) is 3.54. The van der Waals surface area contributed by atoms with Gasteiger partial charge in [-0.1, -0.05) is 6.92 Å². The molecule has 0 radical (unpaired) electrons. The maximum absolute atomic E-state index is 13.2. The van der Waals surface area contributed by atoms with Crippen molar-refractivity contribution >= 4 is 11.7 Å². The number of likely N-dealkylation sites (tertiary alicyclic amines) is 1. The molecule has 4 saturated carbocycles. The standard InChI is InChI=1S/C19H29NO2/c1-2-17(21)16-3-5-20(6-4-16)18(22)19-10-13-7-14(11-19)9-15(8-13)12-19/h13-16H,2-12H2,1H3. The smallest absolute Gasteiger partial charge is 0.228 e. The first-order valence-electron chi connectivity index (χ1n) is 9.42. The molecule has 3 heteroatoms. The molecule has 0 aromatic rings. The second-order valence-electron chi connectivity index (χ2n) is 8.58. The highest BCUT2D eigenvalue weighted by Gasteiger charge is 2.55. The van der Waals surface area contributed by atoms with Gasteiger partial charge in [0, 0.05) is 25.4 Å². The fraction of sp³-hybridized carbons (Fsp3) is 0.895. The second kappa shape index (κ2) is 5.35. The summed E-state index contributed by atoms with van der Waals surface area (Å²) < 4.78 is 0. The number of carbonyl (C=O) groups is 2. The summed E-state index contributed by atoms with van der Waals surface area (Å²) in [6.45, 7) is 3.59. The normalized spacial score (nSPS) is 41.0. The number of Topliss-reactive ketones (excluding diaryl/α,β-unsaturated/α-hetero) is 1. The number of ketones is 1. The van der Waals surface area contributed by atoms with E-state index < -0.39 is 0 Å². The molecule has 0 spiro atoms. The Morgan fingerprint density at radius 3 is 1.91 bits per heavy atom. The molecule has 3 nitrogen and oxygen atoms in total. The first kappa shape index (κ1) is 14.7. The Kier molecular flexibility index (Phi) is 3.58. The van der Waals surface area contributed by atoms with Crippen LogP contribution in [-0.2, 0) is 9.59 Å². The van der Waals surface area contributed by atoms with Crippen molar-refractivity contribution in [1.29, 1.82) is 0 Å². The van der Waals surface area contributed by atoms with Gasteiger partial charge in [-0.3, -0.25) is 9.59 Å². The molecule has 1 aliphatic heterocycles. The lowest BCUT2D eigenvalue weighted by Crippen LogP contribution is -2.55. The molecular weight excluding hydrogens is 274 g/mol. The van der Waals surface area contributed by atoms with Crippen LogP contribution in [0.25, 0.3) is 0 Å². The van der Waals surface area contributed by atoms with Crippen molar-refractivity contribution in [2.24, 2.45) is 29.1 Å². The van der Waals surface area contributed by atoms with Gasteiger partial charge in [0.05, 0.1) is 5.41 Å². The fourth-order valence-corrected chi connectivity index (χ4v) is 6.40. The SMILES string of the molecule is CCC(=O)C1CCN(C(=O)C23CC4CC(CC(C4)C2)C3)CC1. The summed E-state index contributed by atoms with van der Waals surface area (Å²) in [4.78, 5) is 27.2. The Balaban J connectivity index is 1.43. The predicted octanol–water partition coefficient (Wildman–Crippen LogP) is 3.42. The second-order valence-corrected chi connectivity index (χ2v) is 8.58. The molecular formula is C19H29NO2. The van der Waals surface area contributed by atoms with Crippen molar-refractivity contribution in [3.63, 3.8) is 0 Å². The highest BCUT2D eigenvalue weighted by Crippen LogP contribution is 2.60. The Morgan fingerprint density at radius 2 is 1.45 bits per heavy atom. The van der Waals surface area contributed by atoms with E-state index in [0.29, 0.717) is 18.1 Å². The van der Waals surface area contributed by atoms with Gasteiger partial charge in [-0.25, -0.2) is 0 Å². The molecule has 22 heavy (non-hydrogen) atoms. The van der Waals surface area contributed by atoms with Gasteiger partial charge in [0.2, 0.25) is 5.91 Å². The summed E-state index contributed by atoms with van der Waals surface area (Å²) >= 11 is 0. The van der Waals surface area contributed by atoms with Crippen molar-refractivity contribution in [1.82, 2.24) is 4.90 Å². The molecule has 0 unspecified atom stereocenters. The molecule has 0 aromatic carbocycles. The zero-order valence-corrected chi connectivity index (χ0v) is 13.9. The monoisotopic (exact) mass is 303 g/mol. The third-order valence-corrected chi connectivity index (χ3v) is 7.08. The highest BCUT2D eigenvalue weighted by molar-refractivity contribution is 5.84. The summed E-state index contributed by atoms with van der Waals surface area (Å²) in [6, 6.07) is 0. The Labute approximate surface area is 133 Å². The molecule has 4 aliphatic carbocycles. The van der Waals surface area contributed by atoms with Gasteiger partial charge in [0.1, 0.15) is 5.78 Å². The zero-order valence-electron chi connectivity index (χ0n) is 13.9. The topological polar surface area (TPSA) is 37.4 Å². The molecule has 0 N–H and O–H groups in total. The van der Waals surface area contributed by atoms with Crippen LogP contribution in [0, 0.1) is 29.1 Å². The number of carbonyl (C=O) groups excluding carboxylic acids is 2. The number of rotatable bonds is 3. The summed E-state index contributed by atoms with van der Waals surface area (Å²) in [7, 11) is 0. The van der Waals surface area contributed by atoms with Gasteiger partial charge in [-0.2, -0.15) is 0 Å². The minimum Gasteiger partial charge on any atom is -0.342 e. The summed E-state index contributed by atoms with van der Waals surface area (Å²) in [6.07, 6.45) is 10.1. The minimum absolute atomic E-state index is 0.00362. The predicted molar refractivity (Wildman–Crippen MR) is 85.2 cm³/mol. The first-order valence-corrected chi connectivity index (χ1v) is 9.42. The van der Waals surface area contributed by atoms with E-state index in [2.05, 4.69) is 4.90 Å². The third-order valence-electron chi connectivity index (χ3n) is 7.08. The third kappa shape index (κ3) is 2.32. The number of hydrogen-bond donors (Lipinski definition) is 0. The molecule has 1 amide bonds. The summed E-state index contributed by atoms with van der Waals surface area (Å²) in [5, 5.41) is 0.